The molecule has 0 radical (unpaired) electrons. The van der Waals surface area contributed by atoms with Gasteiger partial charge in [0.05, 0.1) is 22.5 Å². The molecule has 0 atom stereocenters. The van der Waals surface area contributed by atoms with Gasteiger partial charge < -0.3 is 9.47 Å². The molecule has 4 heteroatoms. The van der Waals surface area contributed by atoms with Gasteiger partial charge in [0.15, 0.2) is 0 Å². The van der Waals surface area contributed by atoms with Crippen molar-refractivity contribution >= 4 is 23.2 Å². The number of nitrogens with zero attached hydrogens (tertiary/aromatic N) is 2. The molecule has 0 unspecified atom stereocenters. The van der Waals surface area contributed by atoms with Gasteiger partial charge in [-0.1, -0.05) is 59.7 Å². The summed E-state index contributed by atoms with van der Waals surface area (Å²) in [6, 6.07) is 31.5. The molecule has 0 aromatic heterocycles. The van der Waals surface area contributed by atoms with Crippen molar-refractivity contribution in [1.29, 1.82) is 0 Å². The Kier molecular flexibility index (Phi) is 5.26. The van der Waals surface area contributed by atoms with E-state index in [0.717, 1.165) is 34.0 Å². The van der Waals surface area contributed by atoms with Crippen LogP contribution in [0.4, 0.5) is 11.4 Å². The molecule has 156 valence electrons. The van der Waals surface area contributed by atoms with Gasteiger partial charge in [0, 0.05) is 0 Å². The summed E-state index contributed by atoms with van der Waals surface area (Å²) in [4.78, 5) is 9.80. The fourth-order valence-electron chi connectivity index (χ4n) is 3.43. The highest BCUT2D eigenvalue weighted by atomic mass is 16.5. The Labute approximate surface area is 187 Å². The van der Waals surface area contributed by atoms with Gasteiger partial charge >= 0.3 is 0 Å². The third-order valence-corrected chi connectivity index (χ3v) is 5.18. The van der Waals surface area contributed by atoms with Crippen LogP contribution >= 0.6 is 0 Å². The van der Waals surface area contributed by atoms with Gasteiger partial charge in [-0.05, 0) is 62.4 Å². The Hall–Kier alpha value is -4.18. The molecule has 0 amide bonds. The van der Waals surface area contributed by atoms with E-state index in [1.165, 1.54) is 11.1 Å². The van der Waals surface area contributed by atoms with E-state index in [-0.39, 0.29) is 0 Å². The molecule has 0 aliphatic carbocycles. The smallest absolute Gasteiger partial charge is 0.229 e. The molecule has 1 aliphatic heterocycles. The summed E-state index contributed by atoms with van der Waals surface area (Å²) in [6.07, 6.45) is 0. The number of fused-ring (bicyclic) bond motifs is 2. The molecule has 1 aliphatic rings. The maximum absolute atomic E-state index is 6.24. The van der Waals surface area contributed by atoms with Crippen molar-refractivity contribution in [1.82, 2.24) is 0 Å². The highest BCUT2D eigenvalue weighted by Gasteiger charge is 2.20. The van der Waals surface area contributed by atoms with Gasteiger partial charge in [0.1, 0.15) is 11.5 Å². The van der Waals surface area contributed by atoms with E-state index in [2.05, 4.69) is 0 Å². The lowest BCUT2D eigenvalue weighted by Crippen LogP contribution is -2.16. The molecule has 4 nitrogen and oxygen atoms in total. The van der Waals surface area contributed by atoms with Crippen LogP contribution in [0.1, 0.15) is 22.3 Å². The Bertz CT molecular complexity index is 1220. The van der Waals surface area contributed by atoms with Crippen molar-refractivity contribution in [2.75, 3.05) is 0 Å². The molecule has 0 spiro atoms. The van der Waals surface area contributed by atoms with Crippen molar-refractivity contribution in [3.8, 4) is 11.5 Å². The predicted molar refractivity (Wildman–Crippen MR) is 129 cm³/mol. The first-order valence-corrected chi connectivity index (χ1v) is 10.5. The molecule has 32 heavy (non-hydrogen) atoms. The van der Waals surface area contributed by atoms with Crippen LogP contribution in [0, 0.1) is 13.8 Å². The zero-order valence-electron chi connectivity index (χ0n) is 17.9. The summed E-state index contributed by atoms with van der Waals surface area (Å²) in [5.41, 5.74) is 5.40. The molecule has 0 saturated heterocycles. The molecule has 1 heterocycles. The average molecular weight is 418 g/mol. The van der Waals surface area contributed by atoms with Crippen LogP contribution in [0.5, 0.6) is 11.5 Å². The van der Waals surface area contributed by atoms with Crippen LogP contribution in [0.3, 0.4) is 0 Å². The first-order valence-electron chi connectivity index (χ1n) is 10.5. The summed E-state index contributed by atoms with van der Waals surface area (Å²) < 4.78 is 12.5. The van der Waals surface area contributed by atoms with Crippen LogP contribution in [-0.2, 0) is 0 Å². The Morgan fingerprint density at radius 3 is 1.25 bits per heavy atom. The molecule has 0 N–H and O–H groups in total. The van der Waals surface area contributed by atoms with E-state index in [1.54, 1.807) is 0 Å². The highest BCUT2D eigenvalue weighted by molar-refractivity contribution is 6.09. The van der Waals surface area contributed by atoms with Gasteiger partial charge in [0.25, 0.3) is 0 Å². The minimum atomic E-state index is 0.495. The fourth-order valence-corrected chi connectivity index (χ4v) is 3.43. The monoisotopic (exact) mass is 418 g/mol. The largest absolute Gasteiger partial charge is 0.438 e. The van der Waals surface area contributed by atoms with Crippen LogP contribution in [-0.4, -0.2) is 11.8 Å². The summed E-state index contributed by atoms with van der Waals surface area (Å²) >= 11 is 0. The molecular formula is C28H22N2O2. The number of aliphatic imine (C=N–C) groups is 2. The molecule has 5 rings (SSSR count). The van der Waals surface area contributed by atoms with Gasteiger partial charge in [-0.25, -0.2) is 9.98 Å². The molecular weight excluding hydrogens is 396 g/mol. The number of ether oxygens (including phenoxy) is 2. The highest BCUT2D eigenvalue weighted by Crippen LogP contribution is 2.31. The maximum Gasteiger partial charge on any atom is 0.229 e. The summed E-state index contributed by atoms with van der Waals surface area (Å²) in [5, 5.41) is 0. The lowest BCUT2D eigenvalue weighted by atomic mass is 10.1. The van der Waals surface area contributed by atoms with Crippen LogP contribution < -0.4 is 9.47 Å². The number of para-hydroxylation sites is 2. The maximum atomic E-state index is 6.24. The second-order valence-electron chi connectivity index (χ2n) is 7.70. The van der Waals surface area contributed by atoms with Gasteiger partial charge in [-0.3, -0.25) is 0 Å². The molecule has 0 fully saturated rings. The third kappa shape index (κ3) is 4.16. The third-order valence-electron chi connectivity index (χ3n) is 5.18. The van der Waals surface area contributed by atoms with E-state index >= 15 is 0 Å². The minimum absolute atomic E-state index is 0.495. The zero-order chi connectivity index (χ0) is 21.9. The normalized spacial score (nSPS) is 12.4. The first-order chi connectivity index (χ1) is 15.7. The van der Waals surface area contributed by atoms with E-state index in [4.69, 9.17) is 19.5 Å². The Morgan fingerprint density at radius 2 is 0.844 bits per heavy atom. The standard InChI is InChI=1S/C28H22N2O2/c1-19-11-15-21(16-12-19)31-27-23-7-3-5-9-25(23)30-28(24-8-4-6-10-26(24)29-27)32-22-17-13-20(2)14-18-22/h3-18H,1-2H3. The summed E-state index contributed by atoms with van der Waals surface area (Å²) in [7, 11) is 0. The number of rotatable bonds is 2. The Morgan fingerprint density at radius 1 is 0.469 bits per heavy atom. The summed E-state index contributed by atoms with van der Waals surface area (Å²) in [5.74, 6) is 2.44. The average Bonchev–Trinajstić information content (AvgIpc) is 2.81. The SMILES string of the molecule is Cc1ccc(OC2=Nc3ccccc3C(Oc3ccc(C)cc3)=Nc3ccccc32)cc1. The quantitative estimate of drug-likeness (QED) is 0.354. The van der Waals surface area contributed by atoms with Gasteiger partial charge in [-0.2, -0.15) is 0 Å². The topological polar surface area (TPSA) is 43.2 Å². The van der Waals surface area contributed by atoms with E-state index in [0.29, 0.717) is 11.8 Å². The minimum Gasteiger partial charge on any atom is -0.438 e. The lowest BCUT2D eigenvalue weighted by Gasteiger charge is -2.17. The number of hydrogen-bond donors (Lipinski definition) is 0. The van der Waals surface area contributed by atoms with E-state index in [9.17, 15) is 0 Å². The predicted octanol–water partition coefficient (Wildman–Crippen LogP) is 6.93. The van der Waals surface area contributed by atoms with E-state index in [1.807, 2.05) is 111 Å². The fraction of sp³-hybridized carbons (Fsp3) is 0.0714. The van der Waals surface area contributed by atoms with Gasteiger partial charge in [-0.15, -0.1) is 0 Å². The first kappa shape index (κ1) is 19.8. The zero-order valence-corrected chi connectivity index (χ0v) is 17.9. The van der Waals surface area contributed by atoms with Crippen LogP contribution in [0.2, 0.25) is 0 Å². The van der Waals surface area contributed by atoms with E-state index < -0.39 is 0 Å². The molecule has 0 bridgehead atoms. The molecule has 0 saturated carbocycles. The van der Waals surface area contributed by atoms with Crippen LogP contribution in [0.25, 0.3) is 0 Å². The summed E-state index contributed by atoms with van der Waals surface area (Å²) in [6.45, 7) is 4.10. The van der Waals surface area contributed by atoms with Gasteiger partial charge in [0.2, 0.25) is 11.8 Å². The lowest BCUT2D eigenvalue weighted by molar-refractivity contribution is 0.548. The Balaban J connectivity index is 1.62. The molecule has 4 aromatic carbocycles. The van der Waals surface area contributed by atoms with Crippen LogP contribution in [0.15, 0.2) is 107 Å². The molecule has 4 aromatic rings. The number of aryl methyl sites for hydroxylation is 2. The number of benzene rings is 4. The second-order valence-corrected chi connectivity index (χ2v) is 7.70. The van der Waals surface area contributed by atoms with Crippen molar-refractivity contribution in [3.63, 3.8) is 0 Å². The second kappa shape index (κ2) is 8.52. The van der Waals surface area contributed by atoms with Crippen molar-refractivity contribution in [2.45, 2.75) is 13.8 Å². The van der Waals surface area contributed by atoms with Crippen molar-refractivity contribution in [3.05, 3.63) is 119 Å². The number of hydrogen-bond acceptors (Lipinski definition) is 4. The van der Waals surface area contributed by atoms with Crippen molar-refractivity contribution in [2.24, 2.45) is 9.98 Å². The van der Waals surface area contributed by atoms with Crippen molar-refractivity contribution < 1.29 is 9.47 Å².